The van der Waals surface area contributed by atoms with Gasteiger partial charge in [-0.05, 0) is 32.4 Å². The number of aryl methyl sites for hydroxylation is 2. The van der Waals surface area contributed by atoms with Crippen LogP contribution in [0.2, 0.25) is 0 Å². The summed E-state index contributed by atoms with van der Waals surface area (Å²) in [6.45, 7) is 5.21. The third-order valence-electron chi connectivity index (χ3n) is 2.94. The first-order chi connectivity index (χ1) is 7.65. The Hall–Kier alpha value is -0.670. The van der Waals surface area contributed by atoms with Crippen LogP contribution in [0.3, 0.4) is 0 Å². The molecule has 2 atom stereocenters. The van der Waals surface area contributed by atoms with Gasteiger partial charge in [-0.1, -0.05) is 29.3 Å². The second kappa shape index (κ2) is 5.11. The van der Waals surface area contributed by atoms with E-state index in [0.29, 0.717) is 0 Å². The molecular formula is C13H19NOS. The average Bonchev–Trinajstić information content (AvgIpc) is 2.41. The molecular weight excluding hydrogens is 218 g/mol. The van der Waals surface area contributed by atoms with E-state index in [1.165, 1.54) is 16.7 Å². The molecule has 0 radical (unpaired) electrons. The van der Waals surface area contributed by atoms with Crippen LogP contribution in [0, 0.1) is 13.8 Å². The van der Waals surface area contributed by atoms with Crippen LogP contribution >= 0.6 is 0 Å². The molecule has 0 saturated carbocycles. The standard InChI is InChI=1S/C13H19NOS/c1-10-6-11(2)8-12(7-10)13-9-16(15)5-3-4-14-13/h6-8,13-14H,3-5,9H2,1-2H3. The van der Waals surface area contributed by atoms with Gasteiger partial charge in [-0.25, -0.2) is 0 Å². The molecule has 1 saturated heterocycles. The summed E-state index contributed by atoms with van der Waals surface area (Å²) in [7, 11) is -0.664. The van der Waals surface area contributed by atoms with Crippen LogP contribution in [0.4, 0.5) is 0 Å². The Morgan fingerprint density at radius 2 is 1.94 bits per heavy atom. The lowest BCUT2D eigenvalue weighted by molar-refractivity contribution is 0.586. The van der Waals surface area contributed by atoms with Crippen molar-refractivity contribution < 1.29 is 4.21 Å². The van der Waals surface area contributed by atoms with E-state index in [4.69, 9.17) is 0 Å². The van der Waals surface area contributed by atoms with Gasteiger partial charge < -0.3 is 5.32 Å². The lowest BCUT2D eigenvalue weighted by Gasteiger charge is -2.17. The summed E-state index contributed by atoms with van der Waals surface area (Å²) in [6.07, 6.45) is 1.02. The van der Waals surface area contributed by atoms with Gasteiger partial charge in [0.15, 0.2) is 0 Å². The summed E-state index contributed by atoms with van der Waals surface area (Å²) in [6, 6.07) is 6.85. The van der Waals surface area contributed by atoms with Crippen molar-refractivity contribution >= 4 is 10.8 Å². The van der Waals surface area contributed by atoms with Crippen molar-refractivity contribution in [3.05, 3.63) is 34.9 Å². The van der Waals surface area contributed by atoms with E-state index in [1.54, 1.807) is 0 Å². The summed E-state index contributed by atoms with van der Waals surface area (Å²) < 4.78 is 11.7. The van der Waals surface area contributed by atoms with Crippen molar-refractivity contribution in [1.29, 1.82) is 0 Å². The third kappa shape index (κ3) is 2.92. The Balaban J connectivity index is 2.24. The molecule has 0 aliphatic carbocycles. The van der Waals surface area contributed by atoms with Crippen molar-refractivity contribution in [2.75, 3.05) is 18.1 Å². The Labute approximate surface area is 99.9 Å². The molecule has 1 aromatic rings. The molecule has 2 unspecified atom stereocenters. The quantitative estimate of drug-likeness (QED) is 0.810. The molecule has 0 aromatic heterocycles. The van der Waals surface area contributed by atoms with Gasteiger partial charge in [-0.3, -0.25) is 4.21 Å². The van der Waals surface area contributed by atoms with Gasteiger partial charge in [-0.2, -0.15) is 0 Å². The second-order valence-electron chi connectivity index (χ2n) is 4.59. The molecule has 1 heterocycles. The number of hydrogen-bond acceptors (Lipinski definition) is 2. The van der Waals surface area contributed by atoms with Crippen LogP contribution in [0.1, 0.15) is 29.2 Å². The predicted octanol–water partition coefficient (Wildman–Crippen LogP) is 2.09. The zero-order valence-electron chi connectivity index (χ0n) is 9.95. The van der Waals surface area contributed by atoms with E-state index in [-0.39, 0.29) is 6.04 Å². The molecule has 3 heteroatoms. The summed E-state index contributed by atoms with van der Waals surface area (Å²) in [4.78, 5) is 0. The highest BCUT2D eigenvalue weighted by molar-refractivity contribution is 7.85. The highest BCUT2D eigenvalue weighted by atomic mass is 32.2. The molecule has 0 spiro atoms. The molecule has 1 fully saturated rings. The molecule has 1 aliphatic rings. The number of benzene rings is 1. The highest BCUT2D eigenvalue weighted by Crippen LogP contribution is 2.19. The van der Waals surface area contributed by atoms with Crippen molar-refractivity contribution in [3.63, 3.8) is 0 Å². The minimum absolute atomic E-state index is 0.266. The molecule has 2 nitrogen and oxygen atoms in total. The summed E-state index contributed by atoms with van der Waals surface area (Å²) in [5, 5.41) is 3.49. The zero-order valence-corrected chi connectivity index (χ0v) is 10.8. The Morgan fingerprint density at radius 1 is 1.25 bits per heavy atom. The maximum atomic E-state index is 11.7. The molecule has 16 heavy (non-hydrogen) atoms. The van der Waals surface area contributed by atoms with Gasteiger partial charge in [0.05, 0.1) is 0 Å². The third-order valence-corrected chi connectivity index (χ3v) is 4.39. The fourth-order valence-electron chi connectivity index (χ4n) is 2.26. The van der Waals surface area contributed by atoms with Crippen LogP contribution in [0.5, 0.6) is 0 Å². The smallest absolute Gasteiger partial charge is 0.0437 e. The molecule has 0 bridgehead atoms. The maximum Gasteiger partial charge on any atom is 0.0437 e. The number of nitrogens with one attached hydrogen (secondary N) is 1. The first-order valence-electron chi connectivity index (χ1n) is 5.82. The molecule has 1 N–H and O–H groups in total. The van der Waals surface area contributed by atoms with E-state index in [2.05, 4.69) is 37.4 Å². The molecule has 1 aliphatic heterocycles. The fraction of sp³-hybridized carbons (Fsp3) is 0.538. The predicted molar refractivity (Wildman–Crippen MR) is 69.2 cm³/mol. The first-order valence-corrected chi connectivity index (χ1v) is 7.30. The molecule has 0 amide bonds. The molecule has 1 aromatic carbocycles. The minimum Gasteiger partial charge on any atom is -0.309 e. The number of hydrogen-bond donors (Lipinski definition) is 1. The maximum absolute atomic E-state index is 11.7. The normalized spacial score (nSPS) is 26.4. The summed E-state index contributed by atoms with van der Waals surface area (Å²) in [5.41, 5.74) is 3.85. The molecule has 2 rings (SSSR count). The van der Waals surface area contributed by atoms with Crippen molar-refractivity contribution in [2.45, 2.75) is 26.3 Å². The van der Waals surface area contributed by atoms with Gasteiger partial charge in [0.1, 0.15) is 0 Å². The highest BCUT2D eigenvalue weighted by Gasteiger charge is 2.18. The summed E-state index contributed by atoms with van der Waals surface area (Å²) >= 11 is 0. The topological polar surface area (TPSA) is 29.1 Å². The first kappa shape index (κ1) is 11.8. The number of rotatable bonds is 1. The Bertz CT molecular complexity index is 383. The fourth-order valence-corrected chi connectivity index (χ4v) is 3.58. The summed E-state index contributed by atoms with van der Waals surface area (Å²) in [5.74, 6) is 1.59. The van der Waals surface area contributed by atoms with Gasteiger partial charge in [0.2, 0.25) is 0 Å². The lowest BCUT2D eigenvalue weighted by Crippen LogP contribution is -2.24. The van der Waals surface area contributed by atoms with Gasteiger partial charge in [0, 0.05) is 28.3 Å². The van der Waals surface area contributed by atoms with E-state index in [1.807, 2.05) is 0 Å². The average molecular weight is 237 g/mol. The van der Waals surface area contributed by atoms with Crippen LogP contribution in [-0.4, -0.2) is 22.3 Å². The van der Waals surface area contributed by atoms with Crippen molar-refractivity contribution in [2.24, 2.45) is 0 Å². The monoisotopic (exact) mass is 237 g/mol. The van der Waals surface area contributed by atoms with Crippen LogP contribution in [0.25, 0.3) is 0 Å². The SMILES string of the molecule is Cc1cc(C)cc(C2CS(=O)CCCN2)c1. The lowest BCUT2D eigenvalue weighted by atomic mass is 10.0. The van der Waals surface area contributed by atoms with E-state index in [0.717, 1.165) is 24.5 Å². The molecule has 88 valence electrons. The second-order valence-corrected chi connectivity index (χ2v) is 6.21. The van der Waals surface area contributed by atoms with E-state index < -0.39 is 10.8 Å². The minimum atomic E-state index is -0.664. The van der Waals surface area contributed by atoms with Crippen LogP contribution < -0.4 is 5.32 Å². The van der Waals surface area contributed by atoms with Crippen molar-refractivity contribution in [3.8, 4) is 0 Å². The van der Waals surface area contributed by atoms with Crippen LogP contribution in [-0.2, 0) is 10.8 Å². The van der Waals surface area contributed by atoms with Gasteiger partial charge in [-0.15, -0.1) is 0 Å². The van der Waals surface area contributed by atoms with Crippen LogP contribution in [0.15, 0.2) is 18.2 Å². The Kier molecular flexibility index (Phi) is 3.77. The van der Waals surface area contributed by atoms with E-state index in [9.17, 15) is 4.21 Å². The zero-order chi connectivity index (χ0) is 11.5. The van der Waals surface area contributed by atoms with Crippen molar-refractivity contribution in [1.82, 2.24) is 5.32 Å². The van der Waals surface area contributed by atoms with Gasteiger partial charge in [0.25, 0.3) is 0 Å². The largest absolute Gasteiger partial charge is 0.309 e. The Morgan fingerprint density at radius 3 is 2.62 bits per heavy atom. The van der Waals surface area contributed by atoms with Gasteiger partial charge >= 0.3 is 0 Å². The van der Waals surface area contributed by atoms with E-state index >= 15 is 0 Å².